The molecule has 200 valence electrons. The van der Waals surface area contributed by atoms with Gasteiger partial charge in [-0.05, 0) is 0 Å². The summed E-state index contributed by atoms with van der Waals surface area (Å²) in [5.41, 5.74) is 0. The summed E-state index contributed by atoms with van der Waals surface area (Å²) in [5.74, 6) is 5.61. The second-order valence-corrected chi connectivity index (χ2v) is 23.6. The van der Waals surface area contributed by atoms with Crippen LogP contribution >= 0.6 is 6.60 Å². The van der Waals surface area contributed by atoms with Crippen molar-refractivity contribution < 1.29 is 12.6 Å². The molecule has 0 aromatic rings. The molecule has 1 unspecified atom stereocenters. The number of hydrogen-bond acceptors (Lipinski definition) is 3. The number of unbranched alkanes of at least 4 members (excludes halogenated alkanes) is 1. The fourth-order valence-corrected chi connectivity index (χ4v) is 27.7. The Labute approximate surface area is 215 Å². The van der Waals surface area contributed by atoms with E-state index in [9.17, 15) is 8.42 Å². The van der Waals surface area contributed by atoms with Gasteiger partial charge in [0.25, 0.3) is 0 Å². The van der Waals surface area contributed by atoms with Crippen molar-refractivity contribution in [1.29, 1.82) is 0 Å². The molecule has 5 heteroatoms. The molecular formula is C30H51O3PS. The van der Waals surface area contributed by atoms with Crippen molar-refractivity contribution in [3.05, 3.63) is 0 Å². The van der Waals surface area contributed by atoms with Gasteiger partial charge in [-0.3, -0.25) is 0 Å². The van der Waals surface area contributed by atoms with Crippen LogP contribution in [0.1, 0.15) is 116 Å². The summed E-state index contributed by atoms with van der Waals surface area (Å²) in [6.07, 6.45) is 27.9. The Morgan fingerprint density at radius 3 is 1.54 bits per heavy atom. The zero-order valence-corrected chi connectivity index (χ0v) is 24.3. The fraction of sp³-hybridized carbons (Fsp3) is 1.00. The van der Waals surface area contributed by atoms with Crippen LogP contribution in [0.2, 0.25) is 0 Å². The van der Waals surface area contributed by atoms with Gasteiger partial charge in [0.05, 0.1) is 0 Å². The monoisotopic (exact) mass is 522 g/mol. The number of hydrogen-bond donors (Lipinski definition) is 0. The molecule has 1 aliphatic heterocycles. The van der Waals surface area contributed by atoms with Crippen molar-refractivity contribution >= 4 is 16.7 Å². The summed E-state index contributed by atoms with van der Waals surface area (Å²) in [4.78, 5) is 0. The molecule has 0 spiro atoms. The molecule has 9 fully saturated rings. The zero-order valence-electron chi connectivity index (χ0n) is 22.6. The van der Waals surface area contributed by atoms with E-state index in [0.717, 1.165) is 41.9 Å². The summed E-state index contributed by atoms with van der Waals surface area (Å²) in [6.45, 7) is -0.244. The van der Waals surface area contributed by atoms with Gasteiger partial charge in [-0.25, -0.2) is 0 Å². The molecule has 3 nitrogen and oxygen atoms in total. The van der Waals surface area contributed by atoms with Crippen molar-refractivity contribution in [2.75, 3.05) is 18.6 Å². The van der Waals surface area contributed by atoms with Crippen molar-refractivity contribution in [3.8, 4) is 0 Å². The summed E-state index contributed by atoms with van der Waals surface area (Å²) < 4.78 is 32.7. The van der Waals surface area contributed by atoms with Gasteiger partial charge in [0.2, 0.25) is 0 Å². The quantitative estimate of drug-likeness (QED) is 0.253. The topological polar surface area (TPSA) is 43.4 Å². The van der Waals surface area contributed by atoms with Crippen LogP contribution in [0.15, 0.2) is 0 Å². The predicted octanol–water partition coefficient (Wildman–Crippen LogP) is 7.76. The average molecular weight is 523 g/mol. The van der Waals surface area contributed by atoms with Gasteiger partial charge in [0, 0.05) is 0 Å². The summed E-state index contributed by atoms with van der Waals surface area (Å²) in [6, 6.07) is 0. The first-order valence-electron chi connectivity index (χ1n) is 15.6. The molecule has 0 N–H and O–H groups in total. The molecule has 0 amide bonds. The maximum atomic E-state index is 13.1. The molecule has 0 aromatic carbocycles. The Morgan fingerprint density at radius 1 is 0.743 bits per heavy atom. The molecule has 9 rings (SSSR count). The van der Waals surface area contributed by atoms with Crippen LogP contribution in [0.4, 0.5) is 0 Å². The van der Waals surface area contributed by atoms with Crippen molar-refractivity contribution in [2.24, 2.45) is 35.5 Å². The third-order valence-corrected chi connectivity index (χ3v) is 24.7. The van der Waals surface area contributed by atoms with E-state index in [1.165, 1.54) is 121 Å². The van der Waals surface area contributed by atoms with E-state index in [1.807, 2.05) is 0 Å². The zero-order chi connectivity index (χ0) is 24.1. The van der Waals surface area contributed by atoms with E-state index in [2.05, 4.69) is 6.92 Å². The average Bonchev–Trinajstić information content (AvgIpc) is 2.76. The minimum atomic E-state index is -3.47. The van der Waals surface area contributed by atoms with E-state index in [-0.39, 0.29) is 5.85 Å². The molecule has 0 aromatic heterocycles. The van der Waals surface area contributed by atoms with Crippen LogP contribution in [0.5, 0.6) is 0 Å². The molecule has 1 atom stereocenters. The normalized spacial score (nSPS) is 52.3. The Kier molecular flexibility index (Phi) is 5.53. The van der Waals surface area contributed by atoms with E-state index in [1.54, 1.807) is 0 Å². The van der Waals surface area contributed by atoms with Crippen LogP contribution in [0.3, 0.4) is 0 Å². The predicted molar refractivity (Wildman–Crippen MR) is 147 cm³/mol. The molecule has 8 bridgehead atoms. The van der Waals surface area contributed by atoms with Crippen molar-refractivity contribution in [3.63, 3.8) is 0 Å². The standard InChI is InChI=1S/C30H51O3PS/c1-3-4-8-34(9-6-5-7-28(34)33-35(2,31)32,29-16-22-10-23(17-29)12-24(11-22)18-29)30-19-25-13-26(20-30)15-27(14-25)21-30/h22-28H,3-21H2,1-2H3. The summed E-state index contributed by atoms with van der Waals surface area (Å²) in [7, 11) is -3.47. The maximum absolute atomic E-state index is 13.1. The van der Waals surface area contributed by atoms with Gasteiger partial charge in [0.1, 0.15) is 0 Å². The Balaban J connectivity index is 1.50. The van der Waals surface area contributed by atoms with Gasteiger partial charge in [-0.2, -0.15) is 0 Å². The Hall–Kier alpha value is 0.340. The molecule has 1 heterocycles. The van der Waals surface area contributed by atoms with E-state index >= 15 is 0 Å². The third-order valence-electron chi connectivity index (χ3n) is 13.7. The van der Waals surface area contributed by atoms with E-state index in [0.29, 0.717) is 10.3 Å². The Morgan fingerprint density at radius 2 is 1.17 bits per heavy atom. The third kappa shape index (κ3) is 3.18. The van der Waals surface area contributed by atoms with Gasteiger partial charge in [-0.1, -0.05) is 0 Å². The van der Waals surface area contributed by atoms with Gasteiger partial charge < -0.3 is 0 Å². The SMILES string of the molecule is CCCCP1(C23CC4CC(CC(C4)C2)C3)(C23CC4CC(CC(C4)C2)C3)CCCCC1OS(C)(=O)=O. The van der Waals surface area contributed by atoms with Gasteiger partial charge in [-0.15, -0.1) is 0 Å². The molecule has 9 aliphatic rings. The molecule has 0 radical (unpaired) electrons. The first-order chi connectivity index (χ1) is 16.7. The molecule has 8 aliphatic carbocycles. The van der Waals surface area contributed by atoms with Gasteiger partial charge >= 0.3 is 216 Å². The molecule has 35 heavy (non-hydrogen) atoms. The second kappa shape index (κ2) is 7.94. The van der Waals surface area contributed by atoms with Gasteiger partial charge in [0.15, 0.2) is 0 Å². The van der Waals surface area contributed by atoms with Crippen molar-refractivity contribution in [1.82, 2.24) is 0 Å². The van der Waals surface area contributed by atoms with Crippen molar-refractivity contribution in [2.45, 2.75) is 132 Å². The minimum absolute atomic E-state index is 0.0452. The van der Waals surface area contributed by atoms with Crippen LogP contribution < -0.4 is 0 Å². The van der Waals surface area contributed by atoms with E-state index in [4.69, 9.17) is 4.18 Å². The van der Waals surface area contributed by atoms with Crippen LogP contribution in [0, 0.1) is 35.5 Å². The summed E-state index contributed by atoms with van der Waals surface area (Å²) in [5, 5.41) is 0.883. The van der Waals surface area contributed by atoms with Crippen LogP contribution in [-0.4, -0.2) is 43.2 Å². The number of rotatable bonds is 7. The Bertz CT molecular complexity index is 856. The molecule has 1 saturated heterocycles. The summed E-state index contributed by atoms with van der Waals surface area (Å²) >= 11 is 0. The second-order valence-electron chi connectivity index (χ2n) is 15.4. The van der Waals surface area contributed by atoms with E-state index < -0.39 is 16.7 Å². The van der Waals surface area contributed by atoms with Crippen LogP contribution in [-0.2, 0) is 14.3 Å². The first kappa shape index (κ1) is 24.4. The molecule has 8 saturated carbocycles. The van der Waals surface area contributed by atoms with Crippen LogP contribution in [0.25, 0.3) is 0 Å². The fourth-order valence-electron chi connectivity index (χ4n) is 13.9. The first-order valence-corrected chi connectivity index (χ1v) is 20.1. The molecular weight excluding hydrogens is 471 g/mol.